The van der Waals surface area contributed by atoms with E-state index in [0.717, 1.165) is 0 Å². The molecule has 1 aliphatic rings. The number of nitrogens with zero attached hydrogens (tertiary/aromatic N) is 1. The minimum absolute atomic E-state index is 0.160. The van der Waals surface area contributed by atoms with E-state index >= 15 is 0 Å². The van der Waals surface area contributed by atoms with Crippen molar-refractivity contribution in [1.82, 2.24) is 9.71 Å². The van der Waals surface area contributed by atoms with Crippen molar-refractivity contribution in [2.24, 2.45) is 0 Å². The van der Waals surface area contributed by atoms with Gasteiger partial charge in [0.15, 0.2) is 0 Å². The van der Waals surface area contributed by atoms with Crippen LogP contribution in [-0.2, 0) is 10.0 Å². The van der Waals surface area contributed by atoms with E-state index < -0.39 is 15.6 Å². The Bertz CT molecular complexity index is 889. The van der Waals surface area contributed by atoms with Gasteiger partial charge in [0, 0.05) is 17.8 Å². The summed E-state index contributed by atoms with van der Waals surface area (Å²) in [5.74, 6) is 0. The van der Waals surface area contributed by atoms with Gasteiger partial charge in [-0.05, 0) is 50.8 Å². The van der Waals surface area contributed by atoms with Crippen molar-refractivity contribution in [1.29, 1.82) is 0 Å². The molecule has 0 bridgehead atoms. The summed E-state index contributed by atoms with van der Waals surface area (Å²) in [6, 6.07) is 7.83. The van der Waals surface area contributed by atoms with Crippen molar-refractivity contribution in [3.8, 4) is 11.3 Å². The van der Waals surface area contributed by atoms with Crippen LogP contribution >= 0.6 is 23.2 Å². The van der Waals surface area contributed by atoms with Gasteiger partial charge < -0.3 is 5.11 Å². The van der Waals surface area contributed by atoms with E-state index in [-0.39, 0.29) is 10.9 Å². The van der Waals surface area contributed by atoms with E-state index in [1.54, 1.807) is 25.1 Å². The fourth-order valence-electron chi connectivity index (χ4n) is 3.06. The fraction of sp³-hybridized carbons (Fsp3) is 0.389. The second-order valence-electron chi connectivity index (χ2n) is 6.90. The molecule has 0 saturated heterocycles. The van der Waals surface area contributed by atoms with Crippen LogP contribution in [0.2, 0.25) is 10.0 Å². The molecular formula is C18H20Cl2N2O3S. The third kappa shape index (κ3) is 4.56. The average Bonchev–Trinajstić information content (AvgIpc) is 2.57. The second kappa shape index (κ2) is 7.44. The van der Waals surface area contributed by atoms with Crippen LogP contribution in [0.5, 0.6) is 0 Å². The monoisotopic (exact) mass is 414 g/mol. The van der Waals surface area contributed by atoms with Crippen LogP contribution in [0.15, 0.2) is 41.4 Å². The van der Waals surface area contributed by atoms with Gasteiger partial charge in [0.1, 0.15) is 0 Å². The molecule has 0 radical (unpaired) electrons. The summed E-state index contributed by atoms with van der Waals surface area (Å²) in [5.41, 5.74) is 0.552. The third-order valence-corrected chi connectivity index (χ3v) is 6.66. The van der Waals surface area contributed by atoms with Gasteiger partial charge in [-0.25, -0.2) is 13.1 Å². The first-order valence-corrected chi connectivity index (χ1v) is 10.6. The van der Waals surface area contributed by atoms with Gasteiger partial charge in [-0.15, -0.1) is 0 Å². The highest BCUT2D eigenvalue weighted by atomic mass is 35.5. The Labute approximate surface area is 163 Å². The summed E-state index contributed by atoms with van der Waals surface area (Å²) in [4.78, 5) is 4.38. The second-order valence-corrected chi connectivity index (χ2v) is 9.46. The molecule has 0 atom stereocenters. The summed E-state index contributed by atoms with van der Waals surface area (Å²) in [6.07, 6.45) is 3.90. The van der Waals surface area contributed by atoms with Crippen LogP contribution in [0.1, 0.15) is 32.6 Å². The van der Waals surface area contributed by atoms with Crippen LogP contribution in [-0.4, -0.2) is 30.2 Å². The molecular weight excluding hydrogens is 395 g/mol. The molecule has 1 heterocycles. The average molecular weight is 415 g/mol. The maximum absolute atomic E-state index is 12.6. The molecule has 26 heavy (non-hydrogen) atoms. The zero-order chi connectivity index (χ0) is 18.9. The van der Waals surface area contributed by atoms with Crippen LogP contribution < -0.4 is 4.72 Å². The lowest BCUT2D eigenvalue weighted by Crippen LogP contribution is -2.42. The number of benzene rings is 1. The zero-order valence-corrected chi connectivity index (χ0v) is 16.6. The largest absolute Gasteiger partial charge is 0.390 e. The Hall–Kier alpha value is -1.18. The molecule has 2 aromatic rings. The molecule has 0 amide bonds. The van der Waals surface area contributed by atoms with E-state index in [1.807, 2.05) is 0 Å². The lowest BCUT2D eigenvalue weighted by atomic mass is 9.84. The smallest absolute Gasteiger partial charge is 0.240 e. The number of hydrogen-bond acceptors (Lipinski definition) is 4. The van der Waals surface area contributed by atoms with Crippen molar-refractivity contribution in [3.05, 3.63) is 46.6 Å². The lowest BCUT2D eigenvalue weighted by molar-refractivity contribution is 0.0163. The fourth-order valence-corrected chi connectivity index (χ4v) is 4.86. The minimum Gasteiger partial charge on any atom is -0.390 e. The molecule has 1 saturated carbocycles. The molecule has 1 fully saturated rings. The number of aliphatic hydroxyl groups is 1. The molecule has 1 aromatic heterocycles. The quantitative estimate of drug-likeness (QED) is 0.791. The maximum Gasteiger partial charge on any atom is 0.240 e. The van der Waals surface area contributed by atoms with Gasteiger partial charge in [-0.2, -0.15) is 0 Å². The number of hydrogen-bond donors (Lipinski definition) is 2. The Kier molecular flexibility index (Phi) is 5.61. The van der Waals surface area contributed by atoms with Crippen LogP contribution in [0, 0.1) is 0 Å². The Morgan fingerprint density at radius 1 is 1.19 bits per heavy atom. The standard InChI is InChI=1S/C18H20Cl2N2O3S/c1-18(23)8-6-14(7-9-18)22-26(24,25)15-4-2-12(3-5-15)17-16(20)10-13(19)11-21-17/h2-5,10-11,14,22-23H,6-9H2,1H3/t14-,18+. The molecule has 3 rings (SSSR count). The highest BCUT2D eigenvalue weighted by Gasteiger charge is 2.31. The first-order valence-electron chi connectivity index (χ1n) is 8.32. The minimum atomic E-state index is -3.62. The van der Waals surface area contributed by atoms with E-state index in [2.05, 4.69) is 9.71 Å². The number of halogens is 2. The van der Waals surface area contributed by atoms with Gasteiger partial charge in [-0.1, -0.05) is 35.3 Å². The molecule has 5 nitrogen and oxygen atoms in total. The van der Waals surface area contributed by atoms with Gasteiger partial charge in [0.2, 0.25) is 10.0 Å². The third-order valence-electron chi connectivity index (χ3n) is 4.63. The van der Waals surface area contributed by atoms with Crippen molar-refractivity contribution in [2.75, 3.05) is 0 Å². The molecule has 8 heteroatoms. The number of sulfonamides is 1. The molecule has 2 N–H and O–H groups in total. The van der Waals surface area contributed by atoms with E-state index in [9.17, 15) is 13.5 Å². The Morgan fingerprint density at radius 2 is 1.81 bits per heavy atom. The topological polar surface area (TPSA) is 79.3 Å². The number of pyridine rings is 1. The first-order chi connectivity index (χ1) is 12.2. The summed E-state index contributed by atoms with van der Waals surface area (Å²) in [6.45, 7) is 1.78. The molecule has 0 aliphatic heterocycles. The van der Waals surface area contributed by atoms with Crippen molar-refractivity contribution in [2.45, 2.75) is 49.1 Å². The van der Waals surface area contributed by atoms with Crippen molar-refractivity contribution < 1.29 is 13.5 Å². The Morgan fingerprint density at radius 3 is 2.38 bits per heavy atom. The van der Waals surface area contributed by atoms with Crippen LogP contribution in [0.25, 0.3) is 11.3 Å². The van der Waals surface area contributed by atoms with Crippen molar-refractivity contribution >= 4 is 33.2 Å². The van der Waals surface area contributed by atoms with Gasteiger partial charge >= 0.3 is 0 Å². The molecule has 0 spiro atoms. The zero-order valence-electron chi connectivity index (χ0n) is 14.2. The summed E-state index contributed by atoms with van der Waals surface area (Å²) in [7, 11) is -3.62. The summed E-state index contributed by atoms with van der Waals surface area (Å²) >= 11 is 12.0. The Balaban J connectivity index is 1.75. The van der Waals surface area contributed by atoms with Crippen molar-refractivity contribution in [3.63, 3.8) is 0 Å². The van der Waals surface area contributed by atoms with E-state index in [1.165, 1.54) is 18.3 Å². The SMILES string of the molecule is C[C@]1(O)CC[C@@H](NS(=O)(=O)c2ccc(-c3ncc(Cl)cc3Cl)cc2)CC1. The maximum atomic E-state index is 12.6. The normalized spacial score (nSPS) is 23.8. The number of rotatable bonds is 4. The van der Waals surface area contributed by atoms with Gasteiger partial charge in [0.05, 0.1) is 26.2 Å². The highest BCUT2D eigenvalue weighted by molar-refractivity contribution is 7.89. The van der Waals surface area contributed by atoms with Gasteiger partial charge in [0.25, 0.3) is 0 Å². The number of aromatic nitrogens is 1. The predicted octanol–water partition coefficient (Wildman–Crippen LogP) is 4.03. The molecule has 1 aromatic carbocycles. The lowest BCUT2D eigenvalue weighted by Gasteiger charge is -2.33. The van der Waals surface area contributed by atoms with Gasteiger partial charge in [-0.3, -0.25) is 4.98 Å². The predicted molar refractivity (Wildman–Crippen MR) is 103 cm³/mol. The first kappa shape index (κ1) is 19.6. The summed E-state index contributed by atoms with van der Waals surface area (Å²) < 4.78 is 27.9. The molecule has 140 valence electrons. The van der Waals surface area contributed by atoms with E-state index in [0.29, 0.717) is 47.0 Å². The molecule has 0 unspecified atom stereocenters. The highest BCUT2D eigenvalue weighted by Crippen LogP contribution is 2.30. The molecule has 1 aliphatic carbocycles. The van der Waals surface area contributed by atoms with Crippen LogP contribution in [0.4, 0.5) is 0 Å². The van der Waals surface area contributed by atoms with E-state index in [4.69, 9.17) is 23.2 Å². The van der Waals surface area contributed by atoms with Crippen LogP contribution in [0.3, 0.4) is 0 Å². The number of nitrogens with one attached hydrogen (secondary N) is 1. The summed E-state index contributed by atoms with van der Waals surface area (Å²) in [5, 5.41) is 10.8.